The molecule has 386 valence electrons. The number of benzene rings is 6. The van der Waals surface area contributed by atoms with Crippen molar-refractivity contribution in [2.45, 2.75) is 134 Å². The number of aromatic hydroxyl groups is 1. The van der Waals surface area contributed by atoms with Gasteiger partial charge in [0.1, 0.15) is 11.9 Å². The first-order valence-corrected chi connectivity index (χ1v) is 26.7. The maximum Gasteiger partial charge on any atom is 0.194 e. The van der Waals surface area contributed by atoms with Gasteiger partial charge in [-0.1, -0.05) is 278 Å². The Morgan fingerprint density at radius 2 is 0.873 bits per heavy atom. The monoisotopic (exact) mass is 1090 g/mol. The second-order valence-corrected chi connectivity index (χ2v) is 20.9. The van der Waals surface area contributed by atoms with E-state index in [0.29, 0.717) is 37.3 Å². The van der Waals surface area contributed by atoms with Crippen LogP contribution in [0.4, 0.5) is 0 Å². The number of carbonyl (C=O) groups is 2. The zero-order valence-corrected chi connectivity index (χ0v) is 45.6. The van der Waals surface area contributed by atoms with Crippen molar-refractivity contribution in [2.24, 2.45) is 23.7 Å². The molecule has 8 heteroatoms. The van der Waals surface area contributed by atoms with Gasteiger partial charge >= 0.3 is 0 Å². The van der Waals surface area contributed by atoms with Crippen molar-refractivity contribution in [3.05, 3.63) is 205 Å². The predicted octanol–water partition coefficient (Wildman–Crippen LogP) is 20.0. The largest absolute Gasteiger partial charge is 0.508 e. The number of phenolic OH excluding ortho intramolecular Hbond substituents is 1. The minimum atomic E-state index is -0.659. The zero-order chi connectivity index (χ0) is 50.7. The smallest absolute Gasteiger partial charge is 0.194 e. The Morgan fingerprint density at radius 1 is 0.493 bits per heavy atom. The summed E-state index contributed by atoms with van der Waals surface area (Å²) in [6.45, 7) is 15.9. The zero-order valence-electron chi connectivity index (χ0n) is 41.7. The standard InChI is InChI=1S/C20H41Br.C14H13ClO.C14H11ClO.C13H9ClO2.2CH4/c1-17(2)9-6-10-18(3)11-7-12-19(4)13-8-14-20(5)15-16-21;2*1-10-7-8-13(15)12(9-10)14(16)11-5-3-2-4-6-11;14-12-7-6-10(15)8-11(12)13(16)9-4-2-1-3-5-9;;/h17-20H,6-16H2,1-5H3;2-9,14,16H,1H3;2-9H,1H3;1-8,15H;2*1H4. The van der Waals surface area contributed by atoms with Crippen molar-refractivity contribution in [1.29, 1.82) is 0 Å². The number of hydrogen-bond acceptors (Lipinski definition) is 4. The Balaban J connectivity index is 0.000000471. The van der Waals surface area contributed by atoms with Crippen LogP contribution in [-0.2, 0) is 0 Å². The second kappa shape index (κ2) is 35.8. The molecule has 0 spiro atoms. The Hall–Kier alpha value is -4.23. The maximum absolute atomic E-state index is 12.1. The van der Waals surface area contributed by atoms with Crippen LogP contribution in [0.5, 0.6) is 5.75 Å². The van der Waals surface area contributed by atoms with Gasteiger partial charge in [0.05, 0.1) is 10.0 Å². The van der Waals surface area contributed by atoms with E-state index >= 15 is 0 Å². The molecule has 71 heavy (non-hydrogen) atoms. The number of phenols is 1. The van der Waals surface area contributed by atoms with Crippen LogP contribution >= 0.6 is 50.7 Å². The Morgan fingerprint density at radius 3 is 1.32 bits per heavy atom. The molecular weight excluding hydrogens is 1010 g/mol. The van der Waals surface area contributed by atoms with E-state index in [0.717, 1.165) is 45.9 Å². The van der Waals surface area contributed by atoms with Gasteiger partial charge in [0.25, 0.3) is 0 Å². The van der Waals surface area contributed by atoms with Crippen molar-refractivity contribution in [3.8, 4) is 5.75 Å². The van der Waals surface area contributed by atoms with Crippen molar-refractivity contribution < 1.29 is 19.8 Å². The van der Waals surface area contributed by atoms with E-state index in [9.17, 15) is 19.8 Å². The molecule has 0 amide bonds. The van der Waals surface area contributed by atoms with Crippen LogP contribution in [0.15, 0.2) is 146 Å². The molecule has 0 heterocycles. The molecule has 4 nitrogen and oxygen atoms in total. The van der Waals surface area contributed by atoms with Crippen molar-refractivity contribution in [1.82, 2.24) is 0 Å². The number of carbonyl (C=O) groups excluding carboxylic acids is 2. The van der Waals surface area contributed by atoms with Crippen molar-refractivity contribution in [3.63, 3.8) is 0 Å². The van der Waals surface area contributed by atoms with Crippen molar-refractivity contribution >= 4 is 62.3 Å². The van der Waals surface area contributed by atoms with Gasteiger partial charge in [-0.05, 0) is 85.9 Å². The molecule has 4 unspecified atom stereocenters. The van der Waals surface area contributed by atoms with E-state index < -0.39 is 6.10 Å². The third-order valence-corrected chi connectivity index (χ3v) is 13.5. The van der Waals surface area contributed by atoms with Crippen LogP contribution in [0, 0.1) is 37.5 Å². The lowest BCUT2D eigenvalue weighted by Crippen LogP contribution is -2.02. The lowest BCUT2D eigenvalue weighted by atomic mass is 9.91. The third-order valence-electron chi connectivity index (χ3n) is 12.1. The molecule has 6 aromatic carbocycles. The molecule has 0 saturated heterocycles. The van der Waals surface area contributed by atoms with Crippen LogP contribution in [-0.4, -0.2) is 27.1 Å². The van der Waals surface area contributed by atoms with Crippen LogP contribution in [0.2, 0.25) is 15.1 Å². The highest BCUT2D eigenvalue weighted by molar-refractivity contribution is 9.09. The molecule has 0 bridgehead atoms. The molecule has 0 fully saturated rings. The molecule has 0 radical (unpaired) electrons. The molecule has 0 aliphatic rings. The summed E-state index contributed by atoms with van der Waals surface area (Å²) < 4.78 is 0. The van der Waals surface area contributed by atoms with E-state index in [4.69, 9.17) is 34.8 Å². The first kappa shape index (κ1) is 64.8. The van der Waals surface area contributed by atoms with E-state index in [2.05, 4.69) is 50.5 Å². The summed E-state index contributed by atoms with van der Waals surface area (Å²) >= 11 is 21.6. The molecule has 2 N–H and O–H groups in total. The van der Waals surface area contributed by atoms with Gasteiger partial charge in [-0.3, -0.25) is 9.59 Å². The number of aryl methyl sites for hydroxylation is 2. The van der Waals surface area contributed by atoms with E-state index in [1.807, 2.05) is 98.8 Å². The first-order chi connectivity index (χ1) is 33.0. The van der Waals surface area contributed by atoms with Crippen LogP contribution in [0.25, 0.3) is 0 Å². The Kier molecular flexibility index (Phi) is 32.7. The lowest BCUT2D eigenvalue weighted by molar-refractivity contribution is 0.103. The summed E-state index contributed by atoms with van der Waals surface area (Å²) in [5.41, 5.74) is 5.83. The van der Waals surface area contributed by atoms with E-state index in [1.165, 1.54) is 87.7 Å². The normalized spacial score (nSPS) is 12.1. The van der Waals surface area contributed by atoms with Crippen LogP contribution in [0.1, 0.15) is 174 Å². The summed E-state index contributed by atoms with van der Waals surface area (Å²) in [6, 6.07) is 43.0. The fraction of sp³-hybridized carbons (Fsp3) is 0.397. The molecule has 0 aromatic heterocycles. The lowest BCUT2D eigenvalue weighted by Gasteiger charge is -2.16. The number of alkyl halides is 1. The maximum atomic E-state index is 12.1. The number of aliphatic hydroxyl groups is 1. The number of ketones is 2. The van der Waals surface area contributed by atoms with Gasteiger partial charge in [-0.25, -0.2) is 0 Å². The minimum Gasteiger partial charge on any atom is -0.508 e. The van der Waals surface area contributed by atoms with Crippen LogP contribution in [0.3, 0.4) is 0 Å². The SMILES string of the molecule is C.C.CC(C)CCCC(C)CCCC(C)CCCC(C)CCBr.Cc1ccc(Cl)c(C(=O)c2ccccc2)c1.Cc1ccc(Cl)c(C(O)c2ccccc2)c1.O=C(c1ccccc1)c1cc(O)ccc1Cl. The summed E-state index contributed by atoms with van der Waals surface area (Å²) in [4.78, 5) is 24.2. The summed E-state index contributed by atoms with van der Waals surface area (Å²) in [5.74, 6) is 3.46. The number of halogens is 4. The van der Waals surface area contributed by atoms with E-state index in [-0.39, 0.29) is 32.2 Å². The Bertz CT molecular complexity index is 2290. The highest BCUT2D eigenvalue weighted by Crippen LogP contribution is 2.29. The fourth-order valence-electron chi connectivity index (χ4n) is 7.80. The molecule has 0 aliphatic heterocycles. The third kappa shape index (κ3) is 24.8. The minimum absolute atomic E-state index is 0. The summed E-state index contributed by atoms with van der Waals surface area (Å²) in [7, 11) is 0. The molecular formula is C63H82BrCl3O4. The predicted molar refractivity (Wildman–Crippen MR) is 312 cm³/mol. The number of rotatable bonds is 20. The molecule has 0 saturated carbocycles. The van der Waals surface area contributed by atoms with Gasteiger partial charge in [-0.2, -0.15) is 0 Å². The average Bonchev–Trinajstić information content (AvgIpc) is 3.34. The highest BCUT2D eigenvalue weighted by atomic mass is 79.9. The first-order valence-electron chi connectivity index (χ1n) is 24.5. The quantitative estimate of drug-likeness (QED) is 0.0590. The average molecular weight is 1090 g/mol. The number of aliphatic hydroxyl groups excluding tert-OH is 1. The highest BCUT2D eigenvalue weighted by Gasteiger charge is 2.15. The van der Waals surface area contributed by atoms with E-state index in [1.54, 1.807) is 42.5 Å². The van der Waals surface area contributed by atoms with Crippen molar-refractivity contribution in [2.75, 3.05) is 5.33 Å². The molecule has 6 aromatic rings. The van der Waals surface area contributed by atoms with Crippen LogP contribution < -0.4 is 0 Å². The molecule has 4 atom stereocenters. The van der Waals surface area contributed by atoms with Gasteiger partial charge in [0, 0.05) is 38.2 Å². The molecule has 0 aliphatic carbocycles. The summed E-state index contributed by atoms with van der Waals surface area (Å²) in [6.07, 6.45) is 13.6. The van der Waals surface area contributed by atoms with Gasteiger partial charge < -0.3 is 10.2 Å². The fourth-order valence-corrected chi connectivity index (χ4v) is 9.21. The second-order valence-electron chi connectivity index (χ2n) is 18.9. The summed E-state index contributed by atoms with van der Waals surface area (Å²) in [5, 5.41) is 22.1. The topological polar surface area (TPSA) is 74.6 Å². The number of hydrogen-bond donors (Lipinski definition) is 2. The van der Waals surface area contributed by atoms with Gasteiger partial charge in [0.15, 0.2) is 11.6 Å². The van der Waals surface area contributed by atoms with Gasteiger partial charge in [-0.15, -0.1) is 0 Å². The van der Waals surface area contributed by atoms with Gasteiger partial charge in [0.2, 0.25) is 0 Å². The Labute approximate surface area is 452 Å². The molecule has 6 rings (SSSR count).